The van der Waals surface area contributed by atoms with Crippen LogP contribution < -0.4 is 0 Å². The third kappa shape index (κ3) is 8.25. The van der Waals surface area contributed by atoms with Crippen molar-refractivity contribution in [2.24, 2.45) is 0 Å². The highest BCUT2D eigenvalue weighted by molar-refractivity contribution is 5.59. The predicted molar refractivity (Wildman–Crippen MR) is 76.0 cm³/mol. The fraction of sp³-hybridized carbons (Fsp3) is 0.562. The SMILES string of the molecule is CCCCCCCCOC(=O)OCc1ccccc1. The molecule has 0 heterocycles. The molecule has 1 aromatic carbocycles. The van der Waals surface area contributed by atoms with Crippen LogP contribution in [0.4, 0.5) is 4.79 Å². The molecule has 0 aliphatic carbocycles. The first-order chi connectivity index (χ1) is 9.33. The zero-order chi connectivity index (χ0) is 13.8. The minimum Gasteiger partial charge on any atom is -0.434 e. The van der Waals surface area contributed by atoms with Crippen molar-refractivity contribution in [3.05, 3.63) is 35.9 Å². The number of ether oxygens (including phenoxy) is 2. The molecule has 0 bridgehead atoms. The monoisotopic (exact) mass is 264 g/mol. The molecular formula is C16H24O3. The number of carbonyl (C=O) groups excluding carboxylic acids is 1. The Morgan fingerprint density at radius 2 is 1.63 bits per heavy atom. The van der Waals surface area contributed by atoms with E-state index in [0.29, 0.717) is 6.61 Å². The van der Waals surface area contributed by atoms with Gasteiger partial charge in [0.05, 0.1) is 6.61 Å². The summed E-state index contributed by atoms with van der Waals surface area (Å²) in [5.74, 6) is 0. The molecule has 0 atom stereocenters. The van der Waals surface area contributed by atoms with Gasteiger partial charge in [0, 0.05) is 0 Å². The lowest BCUT2D eigenvalue weighted by Crippen LogP contribution is -2.08. The van der Waals surface area contributed by atoms with Crippen LogP contribution in [0.15, 0.2) is 30.3 Å². The molecule has 0 radical (unpaired) electrons. The third-order valence-electron chi connectivity index (χ3n) is 2.92. The molecule has 3 heteroatoms. The summed E-state index contributed by atoms with van der Waals surface area (Å²) in [6, 6.07) is 9.60. The van der Waals surface area contributed by atoms with Crippen molar-refractivity contribution in [2.75, 3.05) is 6.61 Å². The average Bonchev–Trinajstić information content (AvgIpc) is 2.45. The lowest BCUT2D eigenvalue weighted by atomic mass is 10.1. The highest BCUT2D eigenvalue weighted by atomic mass is 16.7. The van der Waals surface area contributed by atoms with Gasteiger partial charge in [-0.1, -0.05) is 69.4 Å². The molecule has 1 aromatic rings. The van der Waals surface area contributed by atoms with E-state index in [0.717, 1.165) is 18.4 Å². The van der Waals surface area contributed by atoms with Gasteiger partial charge in [-0.05, 0) is 12.0 Å². The maximum atomic E-state index is 11.3. The number of hydrogen-bond acceptors (Lipinski definition) is 3. The molecule has 0 amide bonds. The molecule has 1 rings (SSSR count). The Kier molecular flexibility index (Phi) is 8.52. The summed E-state index contributed by atoms with van der Waals surface area (Å²) >= 11 is 0. The van der Waals surface area contributed by atoms with E-state index >= 15 is 0 Å². The standard InChI is InChI=1S/C16H24O3/c1-2-3-4-5-6-10-13-18-16(17)19-14-15-11-8-7-9-12-15/h7-9,11-12H,2-6,10,13-14H2,1H3. The van der Waals surface area contributed by atoms with Crippen LogP contribution in [0.5, 0.6) is 0 Å². The Balaban J connectivity index is 1.96. The molecule has 0 aromatic heterocycles. The number of benzene rings is 1. The van der Waals surface area contributed by atoms with E-state index in [1.54, 1.807) is 0 Å². The second-order valence-electron chi connectivity index (χ2n) is 4.64. The van der Waals surface area contributed by atoms with Crippen molar-refractivity contribution < 1.29 is 14.3 Å². The van der Waals surface area contributed by atoms with Gasteiger partial charge in [-0.25, -0.2) is 4.79 Å². The van der Waals surface area contributed by atoms with E-state index in [-0.39, 0.29) is 6.61 Å². The van der Waals surface area contributed by atoms with E-state index in [1.807, 2.05) is 30.3 Å². The van der Waals surface area contributed by atoms with Crippen LogP contribution in [0.25, 0.3) is 0 Å². The molecule has 0 aliphatic heterocycles. The largest absolute Gasteiger partial charge is 0.508 e. The zero-order valence-electron chi connectivity index (χ0n) is 11.8. The fourth-order valence-corrected chi connectivity index (χ4v) is 1.80. The lowest BCUT2D eigenvalue weighted by molar-refractivity contribution is 0.0487. The molecule has 0 fully saturated rings. The summed E-state index contributed by atoms with van der Waals surface area (Å²) in [5.41, 5.74) is 0.971. The van der Waals surface area contributed by atoms with Crippen LogP contribution in [0, 0.1) is 0 Å². The van der Waals surface area contributed by atoms with Crippen LogP contribution >= 0.6 is 0 Å². The smallest absolute Gasteiger partial charge is 0.434 e. The molecule has 0 aliphatic rings. The van der Waals surface area contributed by atoms with Gasteiger partial charge in [0.25, 0.3) is 0 Å². The summed E-state index contributed by atoms with van der Waals surface area (Å²) in [6.45, 7) is 2.93. The zero-order valence-corrected chi connectivity index (χ0v) is 11.8. The van der Waals surface area contributed by atoms with E-state index in [2.05, 4.69) is 6.92 Å². The molecule has 3 nitrogen and oxygen atoms in total. The number of hydrogen-bond donors (Lipinski definition) is 0. The van der Waals surface area contributed by atoms with Crippen molar-refractivity contribution in [3.8, 4) is 0 Å². The van der Waals surface area contributed by atoms with Gasteiger partial charge in [0.15, 0.2) is 0 Å². The van der Waals surface area contributed by atoms with E-state index in [1.165, 1.54) is 25.7 Å². The molecule has 0 N–H and O–H groups in total. The van der Waals surface area contributed by atoms with Gasteiger partial charge in [-0.3, -0.25) is 0 Å². The first kappa shape index (κ1) is 15.5. The Hall–Kier alpha value is -1.51. The van der Waals surface area contributed by atoms with E-state index in [4.69, 9.17) is 9.47 Å². The van der Waals surface area contributed by atoms with Gasteiger partial charge < -0.3 is 9.47 Å². The van der Waals surface area contributed by atoms with Gasteiger partial charge >= 0.3 is 6.16 Å². The summed E-state index contributed by atoms with van der Waals surface area (Å²) < 4.78 is 10.0. The summed E-state index contributed by atoms with van der Waals surface area (Å²) in [4.78, 5) is 11.3. The van der Waals surface area contributed by atoms with Crippen molar-refractivity contribution in [1.29, 1.82) is 0 Å². The first-order valence-electron chi connectivity index (χ1n) is 7.16. The van der Waals surface area contributed by atoms with Crippen LogP contribution in [-0.4, -0.2) is 12.8 Å². The first-order valence-corrected chi connectivity index (χ1v) is 7.16. The van der Waals surface area contributed by atoms with E-state index in [9.17, 15) is 4.79 Å². The van der Waals surface area contributed by atoms with Crippen LogP contribution in [0.1, 0.15) is 51.0 Å². The molecular weight excluding hydrogens is 240 g/mol. The molecule has 0 spiro atoms. The van der Waals surface area contributed by atoms with Crippen molar-refractivity contribution in [1.82, 2.24) is 0 Å². The molecule has 0 saturated heterocycles. The minimum atomic E-state index is -0.572. The number of unbranched alkanes of at least 4 members (excludes halogenated alkanes) is 5. The third-order valence-corrected chi connectivity index (χ3v) is 2.92. The van der Waals surface area contributed by atoms with E-state index < -0.39 is 6.16 Å². The van der Waals surface area contributed by atoms with Crippen molar-refractivity contribution in [2.45, 2.75) is 52.1 Å². The molecule has 0 unspecified atom stereocenters. The summed E-state index contributed by atoms with van der Waals surface area (Å²) in [5, 5.41) is 0. The maximum absolute atomic E-state index is 11.3. The Morgan fingerprint density at radius 1 is 0.947 bits per heavy atom. The Bertz CT molecular complexity index is 335. The summed E-state index contributed by atoms with van der Waals surface area (Å²) in [6.07, 6.45) is 6.50. The van der Waals surface area contributed by atoms with Crippen LogP contribution in [0.3, 0.4) is 0 Å². The van der Waals surface area contributed by atoms with Crippen LogP contribution in [0.2, 0.25) is 0 Å². The van der Waals surface area contributed by atoms with Gasteiger partial charge in [-0.15, -0.1) is 0 Å². The molecule has 19 heavy (non-hydrogen) atoms. The van der Waals surface area contributed by atoms with Crippen molar-refractivity contribution >= 4 is 6.16 Å². The highest BCUT2D eigenvalue weighted by Gasteiger charge is 2.03. The number of carbonyl (C=O) groups is 1. The van der Waals surface area contributed by atoms with Crippen molar-refractivity contribution in [3.63, 3.8) is 0 Å². The maximum Gasteiger partial charge on any atom is 0.508 e. The average molecular weight is 264 g/mol. The van der Waals surface area contributed by atoms with Gasteiger partial charge in [-0.2, -0.15) is 0 Å². The minimum absolute atomic E-state index is 0.274. The lowest BCUT2D eigenvalue weighted by Gasteiger charge is -2.06. The molecule has 106 valence electrons. The Morgan fingerprint density at radius 3 is 2.37 bits per heavy atom. The second kappa shape index (κ2) is 10.4. The fourth-order valence-electron chi connectivity index (χ4n) is 1.80. The summed E-state index contributed by atoms with van der Waals surface area (Å²) in [7, 11) is 0. The quantitative estimate of drug-likeness (QED) is 0.479. The predicted octanol–water partition coefficient (Wildman–Crippen LogP) is 4.70. The normalized spacial score (nSPS) is 10.2. The van der Waals surface area contributed by atoms with Gasteiger partial charge in [0.2, 0.25) is 0 Å². The second-order valence-corrected chi connectivity index (χ2v) is 4.64. The van der Waals surface area contributed by atoms with Gasteiger partial charge in [0.1, 0.15) is 6.61 Å². The van der Waals surface area contributed by atoms with Crippen LogP contribution in [-0.2, 0) is 16.1 Å². The topological polar surface area (TPSA) is 35.5 Å². The number of rotatable bonds is 9. The highest BCUT2D eigenvalue weighted by Crippen LogP contribution is 2.06. The Labute approximate surface area is 115 Å². The molecule has 0 saturated carbocycles.